The number of benzene rings is 1. The number of aliphatic hydroxyl groups excluding tert-OH is 2. The average Bonchev–Trinajstić information content (AvgIpc) is 2.37. The van der Waals surface area contributed by atoms with Crippen molar-refractivity contribution < 1.29 is 23.4 Å². The molecule has 0 unspecified atom stereocenters. The van der Waals surface area contributed by atoms with Gasteiger partial charge in [0.15, 0.2) is 0 Å². The maximum absolute atomic E-state index is 12.7. The lowest BCUT2D eigenvalue weighted by atomic mass is 9.74. The third-order valence-electron chi connectivity index (χ3n) is 3.88. The molecule has 106 valence electrons. The van der Waals surface area contributed by atoms with Crippen molar-refractivity contribution >= 4 is 0 Å². The number of hydrogen-bond donors (Lipinski definition) is 2. The molecule has 1 aliphatic rings. The fourth-order valence-corrected chi connectivity index (χ4v) is 2.85. The molecule has 2 nitrogen and oxygen atoms in total. The second kappa shape index (κ2) is 5.51. The summed E-state index contributed by atoms with van der Waals surface area (Å²) in [4.78, 5) is 0. The van der Waals surface area contributed by atoms with E-state index in [-0.39, 0.29) is 18.4 Å². The summed E-state index contributed by atoms with van der Waals surface area (Å²) >= 11 is 0. The van der Waals surface area contributed by atoms with Crippen LogP contribution in [0.15, 0.2) is 24.3 Å². The predicted molar refractivity (Wildman–Crippen MR) is 64.6 cm³/mol. The van der Waals surface area contributed by atoms with Crippen LogP contribution in [-0.2, 0) is 6.18 Å². The molecule has 2 rings (SSSR count). The van der Waals surface area contributed by atoms with E-state index in [0.29, 0.717) is 18.4 Å². The van der Waals surface area contributed by atoms with Crippen molar-refractivity contribution in [3.63, 3.8) is 0 Å². The summed E-state index contributed by atoms with van der Waals surface area (Å²) in [6, 6.07) is 5.19. The van der Waals surface area contributed by atoms with E-state index in [2.05, 4.69) is 0 Å². The van der Waals surface area contributed by atoms with Crippen LogP contribution in [-0.4, -0.2) is 22.9 Å². The molecule has 0 amide bonds. The van der Waals surface area contributed by atoms with Gasteiger partial charge in [-0.05, 0) is 30.4 Å². The zero-order valence-electron chi connectivity index (χ0n) is 10.4. The molecule has 2 N–H and O–H groups in total. The van der Waals surface area contributed by atoms with Gasteiger partial charge in [0.25, 0.3) is 0 Å². The van der Waals surface area contributed by atoms with E-state index in [4.69, 9.17) is 0 Å². The van der Waals surface area contributed by atoms with E-state index >= 15 is 0 Å². The highest BCUT2D eigenvalue weighted by Crippen LogP contribution is 2.39. The summed E-state index contributed by atoms with van der Waals surface area (Å²) < 4.78 is 38.1. The van der Waals surface area contributed by atoms with Crippen molar-refractivity contribution in [2.24, 2.45) is 5.92 Å². The first-order valence-corrected chi connectivity index (χ1v) is 6.39. The van der Waals surface area contributed by atoms with Crippen molar-refractivity contribution in [2.45, 2.75) is 37.5 Å². The minimum absolute atomic E-state index is 0.206. The Kier molecular flexibility index (Phi) is 4.16. The lowest BCUT2D eigenvalue weighted by Crippen LogP contribution is -2.33. The fraction of sp³-hybridized carbons (Fsp3) is 0.571. The smallest absolute Gasteiger partial charge is 0.396 e. The zero-order chi connectivity index (χ0) is 14.0. The molecule has 0 bridgehead atoms. The molecular formula is C14H17F3O2. The zero-order valence-corrected chi connectivity index (χ0v) is 10.4. The van der Waals surface area contributed by atoms with Crippen LogP contribution in [0.5, 0.6) is 0 Å². The van der Waals surface area contributed by atoms with Crippen LogP contribution >= 0.6 is 0 Å². The second-order valence-electron chi connectivity index (χ2n) is 5.07. The molecular weight excluding hydrogens is 257 g/mol. The Morgan fingerprint density at radius 2 is 1.95 bits per heavy atom. The summed E-state index contributed by atoms with van der Waals surface area (Å²) in [5.74, 6) is -0.590. The minimum atomic E-state index is -4.36. The standard InChI is InChI=1S/C14H17F3O2/c15-14(16,17)10-4-1-3-9(7-10)11-5-2-6-13(19)12(11)8-18/h1,3-4,7,11-13,18-19H,2,5-6,8H2/t11-,12+,13+/m1/s1. The van der Waals surface area contributed by atoms with Crippen LogP contribution < -0.4 is 0 Å². The van der Waals surface area contributed by atoms with Gasteiger partial charge in [0.2, 0.25) is 0 Å². The Morgan fingerprint density at radius 1 is 1.21 bits per heavy atom. The molecule has 3 atom stereocenters. The molecule has 1 aliphatic carbocycles. The Bertz CT molecular complexity index is 431. The summed E-state index contributed by atoms with van der Waals surface area (Å²) in [5, 5.41) is 19.2. The molecule has 1 aromatic rings. The largest absolute Gasteiger partial charge is 0.416 e. The lowest BCUT2D eigenvalue weighted by Gasteiger charge is -2.34. The van der Waals surface area contributed by atoms with Gasteiger partial charge in [-0.2, -0.15) is 13.2 Å². The highest BCUT2D eigenvalue weighted by atomic mass is 19.4. The number of halogens is 3. The molecule has 1 fully saturated rings. The highest BCUT2D eigenvalue weighted by molar-refractivity contribution is 5.29. The van der Waals surface area contributed by atoms with Crippen molar-refractivity contribution in [2.75, 3.05) is 6.61 Å². The van der Waals surface area contributed by atoms with Crippen molar-refractivity contribution in [1.29, 1.82) is 0 Å². The summed E-state index contributed by atoms with van der Waals surface area (Å²) in [5.41, 5.74) is -0.130. The molecule has 5 heteroatoms. The van der Waals surface area contributed by atoms with E-state index < -0.39 is 17.8 Å². The number of aliphatic hydroxyl groups is 2. The molecule has 19 heavy (non-hydrogen) atoms. The van der Waals surface area contributed by atoms with Crippen molar-refractivity contribution in [1.82, 2.24) is 0 Å². The summed E-state index contributed by atoms with van der Waals surface area (Å²) in [7, 11) is 0. The quantitative estimate of drug-likeness (QED) is 0.870. The van der Waals surface area contributed by atoms with Gasteiger partial charge in [-0.15, -0.1) is 0 Å². The van der Waals surface area contributed by atoms with Gasteiger partial charge < -0.3 is 10.2 Å². The number of hydrogen-bond acceptors (Lipinski definition) is 2. The molecule has 0 saturated heterocycles. The maximum atomic E-state index is 12.7. The first kappa shape index (κ1) is 14.3. The van der Waals surface area contributed by atoms with Gasteiger partial charge in [0.1, 0.15) is 0 Å². The monoisotopic (exact) mass is 274 g/mol. The van der Waals surface area contributed by atoms with Gasteiger partial charge in [0.05, 0.1) is 11.7 Å². The minimum Gasteiger partial charge on any atom is -0.396 e. The Balaban J connectivity index is 2.30. The third kappa shape index (κ3) is 3.09. The molecule has 1 aromatic carbocycles. The normalized spacial score (nSPS) is 28.4. The lowest BCUT2D eigenvalue weighted by molar-refractivity contribution is -0.137. The first-order valence-electron chi connectivity index (χ1n) is 6.39. The molecule has 0 aliphatic heterocycles. The molecule has 0 heterocycles. The Morgan fingerprint density at radius 3 is 2.58 bits per heavy atom. The molecule has 1 saturated carbocycles. The van der Waals surface area contributed by atoms with Crippen LogP contribution in [0.25, 0.3) is 0 Å². The van der Waals surface area contributed by atoms with E-state index in [1.807, 2.05) is 0 Å². The van der Waals surface area contributed by atoms with Gasteiger partial charge in [-0.25, -0.2) is 0 Å². The van der Waals surface area contributed by atoms with Crippen LogP contribution in [0.4, 0.5) is 13.2 Å². The van der Waals surface area contributed by atoms with Gasteiger partial charge in [-0.1, -0.05) is 24.6 Å². The predicted octanol–water partition coefficient (Wildman–Crippen LogP) is 2.94. The van der Waals surface area contributed by atoms with Crippen LogP contribution in [0.3, 0.4) is 0 Å². The van der Waals surface area contributed by atoms with Crippen LogP contribution in [0, 0.1) is 5.92 Å². The first-order chi connectivity index (χ1) is 8.93. The van der Waals surface area contributed by atoms with Gasteiger partial charge >= 0.3 is 6.18 Å². The number of alkyl halides is 3. The average molecular weight is 274 g/mol. The van der Waals surface area contributed by atoms with Gasteiger partial charge in [-0.3, -0.25) is 0 Å². The highest BCUT2D eigenvalue weighted by Gasteiger charge is 2.35. The molecule has 0 aromatic heterocycles. The van der Waals surface area contributed by atoms with E-state index in [1.165, 1.54) is 6.07 Å². The van der Waals surface area contributed by atoms with E-state index in [9.17, 15) is 23.4 Å². The topological polar surface area (TPSA) is 40.5 Å². The third-order valence-corrected chi connectivity index (χ3v) is 3.88. The fourth-order valence-electron chi connectivity index (χ4n) is 2.85. The SMILES string of the molecule is OC[C@H]1[C@@H](c2cccc(C(F)(F)F)c2)CCC[C@@H]1O. The van der Waals surface area contributed by atoms with Crippen molar-refractivity contribution in [3.8, 4) is 0 Å². The molecule has 0 spiro atoms. The summed E-state index contributed by atoms with van der Waals surface area (Å²) in [6.45, 7) is -0.206. The second-order valence-corrected chi connectivity index (χ2v) is 5.07. The Hall–Kier alpha value is -1.07. The maximum Gasteiger partial charge on any atom is 0.416 e. The Labute approximate surface area is 109 Å². The number of rotatable bonds is 2. The van der Waals surface area contributed by atoms with Crippen LogP contribution in [0.1, 0.15) is 36.3 Å². The summed E-state index contributed by atoms with van der Waals surface area (Å²) in [6.07, 6.45) is -2.95. The van der Waals surface area contributed by atoms with E-state index in [0.717, 1.165) is 18.6 Å². The van der Waals surface area contributed by atoms with Crippen LogP contribution in [0.2, 0.25) is 0 Å². The molecule has 0 radical (unpaired) electrons. The van der Waals surface area contributed by atoms with Crippen molar-refractivity contribution in [3.05, 3.63) is 35.4 Å². The van der Waals surface area contributed by atoms with Gasteiger partial charge in [0, 0.05) is 12.5 Å². The van der Waals surface area contributed by atoms with E-state index in [1.54, 1.807) is 6.07 Å².